The average molecular weight is 345 g/mol. The third-order valence-corrected chi connectivity index (χ3v) is 6.11. The van der Waals surface area contributed by atoms with Gasteiger partial charge in [-0.15, -0.1) is 11.8 Å². The van der Waals surface area contributed by atoms with Gasteiger partial charge in [-0.25, -0.2) is 0 Å². The molecule has 0 aliphatic carbocycles. The molecule has 2 fully saturated rings. The molecule has 21 heavy (non-hydrogen) atoms. The van der Waals surface area contributed by atoms with Gasteiger partial charge in [0, 0.05) is 6.54 Å². The number of hydrogen-bond acceptors (Lipinski definition) is 3. The summed E-state index contributed by atoms with van der Waals surface area (Å²) in [5, 5.41) is 4.55. The van der Waals surface area contributed by atoms with Crippen molar-refractivity contribution in [2.75, 3.05) is 25.4 Å². The van der Waals surface area contributed by atoms with E-state index >= 15 is 0 Å². The molecule has 114 valence electrons. The van der Waals surface area contributed by atoms with Crippen molar-refractivity contribution in [1.29, 1.82) is 0 Å². The lowest BCUT2D eigenvalue weighted by molar-refractivity contribution is -0.128. The van der Waals surface area contributed by atoms with E-state index in [1.165, 1.54) is 0 Å². The quantitative estimate of drug-likeness (QED) is 0.909. The maximum Gasteiger partial charge on any atom is 0.233 e. The highest BCUT2D eigenvalue weighted by atomic mass is 35.5. The van der Waals surface area contributed by atoms with Crippen LogP contribution in [0.4, 0.5) is 0 Å². The van der Waals surface area contributed by atoms with Crippen molar-refractivity contribution in [1.82, 2.24) is 10.2 Å². The molecular formula is C15H18Cl2N2OS. The van der Waals surface area contributed by atoms with Crippen LogP contribution in [0.25, 0.3) is 0 Å². The van der Waals surface area contributed by atoms with Crippen LogP contribution in [0.1, 0.15) is 23.8 Å². The molecule has 3 rings (SSSR count). The Bertz CT molecular complexity index is 534. The van der Waals surface area contributed by atoms with Crippen LogP contribution in [-0.4, -0.2) is 36.2 Å². The molecule has 6 heteroatoms. The third kappa shape index (κ3) is 3.50. The van der Waals surface area contributed by atoms with E-state index in [1.807, 2.05) is 23.1 Å². The fourth-order valence-electron chi connectivity index (χ4n) is 2.94. The van der Waals surface area contributed by atoms with Crippen molar-refractivity contribution in [2.24, 2.45) is 5.92 Å². The van der Waals surface area contributed by atoms with Crippen molar-refractivity contribution in [3.8, 4) is 0 Å². The van der Waals surface area contributed by atoms with Gasteiger partial charge in [0.05, 0.1) is 15.8 Å². The number of piperidine rings is 1. The highest BCUT2D eigenvalue weighted by molar-refractivity contribution is 8.00. The Morgan fingerprint density at radius 1 is 1.24 bits per heavy atom. The van der Waals surface area contributed by atoms with Crippen LogP contribution in [0.2, 0.25) is 10.0 Å². The Balaban J connectivity index is 1.76. The molecule has 0 radical (unpaired) electrons. The van der Waals surface area contributed by atoms with E-state index in [9.17, 15) is 4.79 Å². The first-order valence-corrected chi connectivity index (χ1v) is 9.02. The third-order valence-electron chi connectivity index (χ3n) is 4.11. The standard InChI is InChI=1S/C15H18Cl2N2OS/c16-12-2-1-11(7-13(12)17)15-19(14(20)9-21-15)8-10-3-5-18-6-4-10/h1-2,7,10,15,18H,3-6,8-9H2. The monoisotopic (exact) mass is 344 g/mol. The molecule has 0 saturated carbocycles. The Kier molecular flexibility index (Phi) is 4.99. The minimum Gasteiger partial charge on any atom is -0.326 e. The molecule has 1 atom stereocenters. The average Bonchev–Trinajstić information content (AvgIpc) is 2.85. The van der Waals surface area contributed by atoms with Crippen molar-refractivity contribution >= 4 is 40.9 Å². The molecular weight excluding hydrogens is 327 g/mol. The molecule has 1 amide bonds. The molecule has 3 nitrogen and oxygen atoms in total. The van der Waals surface area contributed by atoms with E-state index in [-0.39, 0.29) is 11.3 Å². The minimum atomic E-state index is 0.0714. The first-order valence-electron chi connectivity index (χ1n) is 7.22. The van der Waals surface area contributed by atoms with Gasteiger partial charge in [-0.1, -0.05) is 29.3 Å². The number of hydrogen-bond donors (Lipinski definition) is 1. The first kappa shape index (κ1) is 15.5. The second kappa shape index (κ2) is 6.78. The van der Waals surface area contributed by atoms with E-state index in [0.717, 1.165) is 38.0 Å². The van der Waals surface area contributed by atoms with Crippen molar-refractivity contribution < 1.29 is 4.79 Å². The number of thioether (sulfide) groups is 1. The van der Waals surface area contributed by atoms with Gasteiger partial charge in [0.1, 0.15) is 5.37 Å². The molecule has 2 aliphatic rings. The second-order valence-electron chi connectivity index (χ2n) is 5.58. The number of amides is 1. The molecule has 1 unspecified atom stereocenters. The zero-order valence-corrected chi connectivity index (χ0v) is 14.0. The number of carbonyl (C=O) groups excluding carboxylic acids is 1. The van der Waals surface area contributed by atoms with Gasteiger partial charge in [-0.2, -0.15) is 0 Å². The van der Waals surface area contributed by atoms with Gasteiger partial charge >= 0.3 is 0 Å². The smallest absolute Gasteiger partial charge is 0.233 e. The van der Waals surface area contributed by atoms with Crippen molar-refractivity contribution in [3.63, 3.8) is 0 Å². The summed E-state index contributed by atoms with van der Waals surface area (Å²) >= 11 is 13.8. The van der Waals surface area contributed by atoms with Crippen LogP contribution in [0.5, 0.6) is 0 Å². The van der Waals surface area contributed by atoms with Gasteiger partial charge < -0.3 is 10.2 Å². The number of nitrogens with one attached hydrogen (secondary N) is 1. The lowest BCUT2D eigenvalue weighted by atomic mass is 9.97. The van der Waals surface area contributed by atoms with Gasteiger partial charge in [0.2, 0.25) is 5.91 Å². The predicted octanol–water partition coefficient (Wildman–Crippen LogP) is 3.57. The Morgan fingerprint density at radius 3 is 2.71 bits per heavy atom. The summed E-state index contributed by atoms with van der Waals surface area (Å²) in [5.41, 5.74) is 1.06. The van der Waals surface area contributed by atoms with E-state index in [2.05, 4.69) is 5.32 Å². The molecule has 1 aromatic rings. The van der Waals surface area contributed by atoms with Crippen LogP contribution in [0.15, 0.2) is 18.2 Å². The second-order valence-corrected chi connectivity index (χ2v) is 7.46. The summed E-state index contributed by atoms with van der Waals surface area (Å²) in [6, 6.07) is 5.67. The largest absolute Gasteiger partial charge is 0.326 e. The zero-order valence-electron chi connectivity index (χ0n) is 11.6. The van der Waals surface area contributed by atoms with Crippen LogP contribution in [-0.2, 0) is 4.79 Å². The zero-order chi connectivity index (χ0) is 14.8. The number of halogens is 2. The van der Waals surface area contributed by atoms with Gasteiger partial charge in [0.15, 0.2) is 0 Å². The first-order chi connectivity index (χ1) is 10.1. The summed E-state index contributed by atoms with van der Waals surface area (Å²) < 4.78 is 0. The number of benzene rings is 1. The van der Waals surface area contributed by atoms with Crippen molar-refractivity contribution in [2.45, 2.75) is 18.2 Å². The maximum atomic E-state index is 12.2. The lowest BCUT2D eigenvalue weighted by Crippen LogP contribution is -2.38. The molecule has 2 heterocycles. The van der Waals surface area contributed by atoms with E-state index in [4.69, 9.17) is 23.2 Å². The summed E-state index contributed by atoms with van der Waals surface area (Å²) in [5.74, 6) is 1.38. The van der Waals surface area contributed by atoms with Crippen LogP contribution in [0, 0.1) is 5.92 Å². The maximum absolute atomic E-state index is 12.2. The van der Waals surface area contributed by atoms with E-state index < -0.39 is 0 Å². The predicted molar refractivity (Wildman–Crippen MR) is 89.0 cm³/mol. The molecule has 0 spiro atoms. The fourth-order valence-corrected chi connectivity index (χ4v) is 4.43. The Morgan fingerprint density at radius 2 is 2.00 bits per heavy atom. The summed E-state index contributed by atoms with van der Waals surface area (Å²) in [6.45, 7) is 2.95. The van der Waals surface area contributed by atoms with Crippen LogP contribution >= 0.6 is 35.0 Å². The van der Waals surface area contributed by atoms with Crippen molar-refractivity contribution in [3.05, 3.63) is 33.8 Å². The lowest BCUT2D eigenvalue weighted by Gasteiger charge is -2.31. The molecule has 0 bridgehead atoms. The molecule has 2 saturated heterocycles. The number of nitrogens with zero attached hydrogens (tertiary/aromatic N) is 1. The summed E-state index contributed by atoms with van der Waals surface area (Å²) in [7, 11) is 0. The highest BCUT2D eigenvalue weighted by Crippen LogP contribution is 2.41. The highest BCUT2D eigenvalue weighted by Gasteiger charge is 2.34. The minimum absolute atomic E-state index is 0.0714. The molecule has 1 aromatic carbocycles. The fraction of sp³-hybridized carbons (Fsp3) is 0.533. The molecule has 0 aromatic heterocycles. The van der Waals surface area contributed by atoms with E-state index in [0.29, 0.717) is 21.7 Å². The number of carbonyl (C=O) groups is 1. The van der Waals surface area contributed by atoms with Gasteiger partial charge in [0.25, 0.3) is 0 Å². The summed E-state index contributed by atoms with van der Waals surface area (Å²) in [6.07, 6.45) is 2.28. The molecule has 2 aliphatic heterocycles. The molecule has 1 N–H and O–H groups in total. The number of rotatable bonds is 3. The topological polar surface area (TPSA) is 32.3 Å². The Hall–Kier alpha value is -0.420. The van der Waals surface area contributed by atoms with Crippen LogP contribution < -0.4 is 5.32 Å². The normalized spacial score (nSPS) is 23.8. The van der Waals surface area contributed by atoms with Gasteiger partial charge in [-0.3, -0.25) is 4.79 Å². The van der Waals surface area contributed by atoms with Gasteiger partial charge in [-0.05, 0) is 49.5 Å². The summed E-state index contributed by atoms with van der Waals surface area (Å²) in [4.78, 5) is 14.2. The van der Waals surface area contributed by atoms with E-state index in [1.54, 1.807) is 11.8 Å². The Labute approximate surface area is 139 Å². The van der Waals surface area contributed by atoms with Crippen LogP contribution in [0.3, 0.4) is 0 Å². The SMILES string of the molecule is O=C1CSC(c2ccc(Cl)c(Cl)c2)N1CC1CCNCC1.